The first-order valence-electron chi connectivity index (χ1n) is 7.04. The Labute approximate surface area is 138 Å². The summed E-state index contributed by atoms with van der Waals surface area (Å²) in [5, 5.41) is 5.18. The minimum atomic E-state index is -0.655. The minimum Gasteiger partial charge on any atom is -0.348 e. The molecule has 0 aliphatic heterocycles. The quantitative estimate of drug-likeness (QED) is 0.635. The molecule has 0 spiro atoms. The number of anilines is 1. The van der Waals surface area contributed by atoms with Crippen LogP contribution in [0.25, 0.3) is 0 Å². The fourth-order valence-electron chi connectivity index (χ4n) is 1.97. The summed E-state index contributed by atoms with van der Waals surface area (Å²) in [4.78, 5) is 23.5. The van der Waals surface area contributed by atoms with Crippen LogP contribution in [0.1, 0.15) is 12.0 Å². The highest BCUT2D eigenvalue weighted by Gasteiger charge is 2.12. The van der Waals surface area contributed by atoms with Gasteiger partial charge in [-0.25, -0.2) is 0 Å². The van der Waals surface area contributed by atoms with Crippen molar-refractivity contribution in [3.63, 3.8) is 0 Å². The van der Waals surface area contributed by atoms with Crippen molar-refractivity contribution in [1.82, 2.24) is 5.32 Å². The maximum atomic E-state index is 11.7. The average molecular weight is 361 g/mol. The van der Waals surface area contributed by atoms with Crippen LogP contribution in [-0.2, 0) is 16.0 Å². The number of halogens is 1. The molecule has 0 aromatic heterocycles. The normalized spacial score (nSPS) is 10.0. The standard InChI is InChI=1S/C17H17BrN2O2/c18-14-9-4-10-15(12-14)20-17(22)16(21)19-11-5-8-13-6-2-1-3-7-13/h1-4,6-7,9-10,12H,5,8,11H2,(H,19,21)(H,20,22). The van der Waals surface area contributed by atoms with Crippen LogP contribution >= 0.6 is 15.9 Å². The number of amides is 2. The largest absolute Gasteiger partial charge is 0.348 e. The Hall–Kier alpha value is -2.14. The summed E-state index contributed by atoms with van der Waals surface area (Å²) >= 11 is 3.31. The lowest BCUT2D eigenvalue weighted by Gasteiger charge is -2.07. The Kier molecular flexibility index (Phi) is 6.15. The highest BCUT2D eigenvalue weighted by atomic mass is 79.9. The van der Waals surface area contributed by atoms with Gasteiger partial charge in [-0.2, -0.15) is 0 Å². The fourth-order valence-corrected chi connectivity index (χ4v) is 2.37. The van der Waals surface area contributed by atoms with Gasteiger partial charge in [-0.05, 0) is 36.6 Å². The zero-order valence-electron chi connectivity index (χ0n) is 12.0. The molecule has 114 valence electrons. The predicted molar refractivity (Wildman–Crippen MR) is 90.5 cm³/mol. The molecule has 2 rings (SSSR count). The van der Waals surface area contributed by atoms with E-state index in [2.05, 4.69) is 26.6 Å². The van der Waals surface area contributed by atoms with Crippen LogP contribution in [-0.4, -0.2) is 18.4 Å². The number of aryl methyl sites for hydroxylation is 1. The van der Waals surface area contributed by atoms with E-state index in [0.29, 0.717) is 12.2 Å². The van der Waals surface area contributed by atoms with Crippen LogP contribution in [0, 0.1) is 0 Å². The first kappa shape index (κ1) is 16.2. The van der Waals surface area contributed by atoms with Gasteiger partial charge in [0.25, 0.3) is 0 Å². The first-order valence-corrected chi connectivity index (χ1v) is 7.83. The van der Waals surface area contributed by atoms with Crippen LogP contribution in [0.4, 0.5) is 5.69 Å². The molecule has 0 fully saturated rings. The van der Waals surface area contributed by atoms with Crippen molar-refractivity contribution in [3.05, 3.63) is 64.6 Å². The smallest absolute Gasteiger partial charge is 0.313 e. The van der Waals surface area contributed by atoms with Crippen molar-refractivity contribution in [2.24, 2.45) is 0 Å². The monoisotopic (exact) mass is 360 g/mol. The first-order chi connectivity index (χ1) is 10.6. The molecule has 5 heteroatoms. The molecule has 0 saturated heterocycles. The van der Waals surface area contributed by atoms with E-state index in [1.165, 1.54) is 5.56 Å². The molecule has 0 aliphatic carbocycles. The van der Waals surface area contributed by atoms with Crippen LogP contribution in [0.2, 0.25) is 0 Å². The Bertz CT molecular complexity index is 644. The lowest BCUT2D eigenvalue weighted by Crippen LogP contribution is -2.36. The van der Waals surface area contributed by atoms with E-state index < -0.39 is 11.8 Å². The lowest BCUT2D eigenvalue weighted by molar-refractivity contribution is -0.136. The Morgan fingerprint density at radius 3 is 2.45 bits per heavy atom. The molecule has 4 nitrogen and oxygen atoms in total. The molecule has 0 aliphatic rings. The van der Waals surface area contributed by atoms with Crippen molar-refractivity contribution >= 4 is 33.4 Å². The second-order valence-electron chi connectivity index (χ2n) is 4.81. The second kappa shape index (κ2) is 8.34. The molecule has 0 bridgehead atoms. The van der Waals surface area contributed by atoms with E-state index >= 15 is 0 Å². The van der Waals surface area contributed by atoms with Crippen LogP contribution in [0.15, 0.2) is 59.1 Å². The molecule has 0 radical (unpaired) electrons. The maximum Gasteiger partial charge on any atom is 0.313 e. The van der Waals surface area contributed by atoms with Gasteiger partial charge in [-0.1, -0.05) is 52.3 Å². The third kappa shape index (κ3) is 5.33. The topological polar surface area (TPSA) is 58.2 Å². The highest BCUT2D eigenvalue weighted by Crippen LogP contribution is 2.15. The Balaban J connectivity index is 1.71. The van der Waals surface area contributed by atoms with Gasteiger partial charge in [0.1, 0.15) is 0 Å². The SMILES string of the molecule is O=C(NCCCc1ccccc1)C(=O)Nc1cccc(Br)c1. The summed E-state index contributed by atoms with van der Waals surface area (Å²) < 4.78 is 0.841. The van der Waals surface area contributed by atoms with Gasteiger partial charge in [0.15, 0.2) is 0 Å². The van der Waals surface area contributed by atoms with Crippen LogP contribution < -0.4 is 10.6 Å². The number of carbonyl (C=O) groups is 2. The van der Waals surface area contributed by atoms with E-state index in [1.54, 1.807) is 18.2 Å². The average Bonchev–Trinajstić information content (AvgIpc) is 2.52. The van der Waals surface area contributed by atoms with E-state index in [0.717, 1.165) is 17.3 Å². The Morgan fingerprint density at radius 2 is 1.73 bits per heavy atom. The van der Waals surface area contributed by atoms with E-state index in [4.69, 9.17) is 0 Å². The fraction of sp³-hybridized carbons (Fsp3) is 0.176. The number of hydrogen-bond acceptors (Lipinski definition) is 2. The van der Waals surface area contributed by atoms with Crippen LogP contribution in [0.3, 0.4) is 0 Å². The van der Waals surface area contributed by atoms with Gasteiger partial charge < -0.3 is 10.6 Å². The van der Waals surface area contributed by atoms with Crippen molar-refractivity contribution in [1.29, 1.82) is 0 Å². The van der Waals surface area contributed by atoms with Gasteiger partial charge in [-0.15, -0.1) is 0 Å². The molecule has 2 N–H and O–H groups in total. The molecule has 0 unspecified atom stereocenters. The zero-order chi connectivity index (χ0) is 15.8. The van der Waals surface area contributed by atoms with E-state index in [1.807, 2.05) is 36.4 Å². The maximum absolute atomic E-state index is 11.7. The van der Waals surface area contributed by atoms with Gasteiger partial charge in [0.2, 0.25) is 0 Å². The Morgan fingerprint density at radius 1 is 0.955 bits per heavy atom. The third-order valence-electron chi connectivity index (χ3n) is 3.06. The molecule has 0 saturated carbocycles. The molecule has 2 aromatic carbocycles. The molecular weight excluding hydrogens is 344 g/mol. The van der Waals surface area contributed by atoms with Crippen molar-refractivity contribution in [3.8, 4) is 0 Å². The number of hydrogen-bond donors (Lipinski definition) is 2. The summed E-state index contributed by atoms with van der Waals surface area (Å²) in [7, 11) is 0. The van der Waals surface area contributed by atoms with Gasteiger partial charge in [0.05, 0.1) is 0 Å². The summed E-state index contributed by atoms with van der Waals surface area (Å²) in [5.41, 5.74) is 1.80. The summed E-state index contributed by atoms with van der Waals surface area (Å²) in [6, 6.07) is 17.1. The number of carbonyl (C=O) groups excluding carboxylic acids is 2. The third-order valence-corrected chi connectivity index (χ3v) is 3.55. The summed E-state index contributed by atoms with van der Waals surface area (Å²) in [6.07, 6.45) is 1.66. The van der Waals surface area contributed by atoms with Crippen molar-refractivity contribution in [2.45, 2.75) is 12.8 Å². The minimum absolute atomic E-state index is 0.472. The second-order valence-corrected chi connectivity index (χ2v) is 5.73. The van der Waals surface area contributed by atoms with E-state index in [9.17, 15) is 9.59 Å². The van der Waals surface area contributed by atoms with Gasteiger partial charge in [-0.3, -0.25) is 9.59 Å². The number of benzene rings is 2. The van der Waals surface area contributed by atoms with Crippen molar-refractivity contribution in [2.75, 3.05) is 11.9 Å². The van der Waals surface area contributed by atoms with Gasteiger partial charge >= 0.3 is 11.8 Å². The number of nitrogens with one attached hydrogen (secondary N) is 2. The zero-order valence-corrected chi connectivity index (χ0v) is 13.6. The van der Waals surface area contributed by atoms with E-state index in [-0.39, 0.29) is 0 Å². The molecular formula is C17H17BrN2O2. The molecule has 0 heterocycles. The lowest BCUT2D eigenvalue weighted by atomic mass is 10.1. The van der Waals surface area contributed by atoms with Crippen molar-refractivity contribution < 1.29 is 9.59 Å². The summed E-state index contributed by atoms with van der Waals surface area (Å²) in [6.45, 7) is 0.472. The molecule has 2 amide bonds. The molecule has 0 atom stereocenters. The number of rotatable bonds is 5. The summed E-state index contributed by atoms with van der Waals surface area (Å²) in [5.74, 6) is -1.27. The molecule has 2 aromatic rings. The predicted octanol–water partition coefficient (Wildman–Crippen LogP) is 3.14. The highest BCUT2D eigenvalue weighted by molar-refractivity contribution is 9.10. The van der Waals surface area contributed by atoms with Crippen LogP contribution in [0.5, 0.6) is 0 Å². The molecule has 22 heavy (non-hydrogen) atoms. The van der Waals surface area contributed by atoms with Gasteiger partial charge in [0, 0.05) is 16.7 Å².